The Hall–Kier alpha value is -1.47. The third-order valence-corrected chi connectivity index (χ3v) is 4.53. The van der Waals surface area contributed by atoms with Crippen LogP contribution in [0.2, 0.25) is 0 Å². The van der Waals surface area contributed by atoms with Gasteiger partial charge in [0.05, 0.1) is 4.90 Å². The van der Waals surface area contributed by atoms with E-state index in [4.69, 9.17) is 5.14 Å². The first-order chi connectivity index (χ1) is 9.29. The van der Waals surface area contributed by atoms with Crippen molar-refractivity contribution in [2.75, 3.05) is 7.05 Å². The second-order valence-corrected chi connectivity index (χ2v) is 6.64. The molecule has 1 aromatic carbocycles. The van der Waals surface area contributed by atoms with Crippen LogP contribution in [0.15, 0.2) is 23.1 Å². The molecule has 0 bridgehead atoms. The molecular formula is C13H17FN2O3S. The van der Waals surface area contributed by atoms with E-state index in [-0.39, 0.29) is 22.4 Å². The number of halogens is 1. The van der Waals surface area contributed by atoms with Gasteiger partial charge in [0, 0.05) is 18.7 Å². The normalized spacial score (nSPS) is 16.4. The van der Waals surface area contributed by atoms with E-state index in [9.17, 15) is 17.6 Å². The molecule has 5 nitrogen and oxygen atoms in total. The molecule has 0 aliphatic heterocycles. The molecule has 0 atom stereocenters. The second-order valence-electron chi connectivity index (χ2n) is 5.07. The van der Waals surface area contributed by atoms with Gasteiger partial charge >= 0.3 is 0 Å². The lowest BCUT2D eigenvalue weighted by Gasteiger charge is -2.24. The van der Waals surface area contributed by atoms with Gasteiger partial charge in [-0.15, -0.1) is 0 Å². The summed E-state index contributed by atoms with van der Waals surface area (Å²) in [6, 6.07) is 3.08. The Kier molecular flexibility index (Phi) is 4.10. The molecule has 2 rings (SSSR count). The Bertz CT molecular complexity index is 625. The molecule has 0 aromatic heterocycles. The van der Waals surface area contributed by atoms with Gasteiger partial charge in [0.1, 0.15) is 5.82 Å². The number of sulfonamides is 1. The predicted octanol–water partition coefficient (Wildman–Crippen LogP) is 1.49. The molecular weight excluding hydrogens is 283 g/mol. The highest BCUT2D eigenvalue weighted by Crippen LogP contribution is 2.24. The number of hydrogen-bond acceptors (Lipinski definition) is 3. The van der Waals surface area contributed by atoms with Crippen molar-refractivity contribution in [3.05, 3.63) is 29.6 Å². The van der Waals surface area contributed by atoms with Gasteiger partial charge in [-0.1, -0.05) is 12.8 Å². The van der Waals surface area contributed by atoms with Gasteiger partial charge in [-0.2, -0.15) is 0 Å². The highest BCUT2D eigenvalue weighted by atomic mass is 32.2. The lowest BCUT2D eigenvalue weighted by molar-refractivity contribution is 0.0734. The molecule has 1 aliphatic rings. The quantitative estimate of drug-likeness (QED) is 0.918. The van der Waals surface area contributed by atoms with Crippen molar-refractivity contribution in [1.82, 2.24) is 4.90 Å². The first-order valence-electron chi connectivity index (χ1n) is 6.39. The molecule has 1 aromatic rings. The number of nitrogens with zero attached hydrogens (tertiary/aromatic N) is 1. The summed E-state index contributed by atoms with van der Waals surface area (Å²) in [5, 5.41) is 4.97. The van der Waals surface area contributed by atoms with Crippen LogP contribution >= 0.6 is 0 Å². The lowest BCUT2D eigenvalue weighted by atomic mass is 10.1. The summed E-state index contributed by atoms with van der Waals surface area (Å²) in [4.78, 5) is 13.4. The fraction of sp³-hybridized carbons (Fsp3) is 0.462. The van der Waals surface area contributed by atoms with Crippen molar-refractivity contribution in [3.63, 3.8) is 0 Å². The van der Waals surface area contributed by atoms with E-state index in [0.717, 1.165) is 43.9 Å². The fourth-order valence-electron chi connectivity index (χ4n) is 2.51. The van der Waals surface area contributed by atoms with Crippen molar-refractivity contribution in [3.8, 4) is 0 Å². The highest BCUT2D eigenvalue weighted by molar-refractivity contribution is 7.89. The minimum absolute atomic E-state index is 0.00317. The second kappa shape index (κ2) is 5.49. The van der Waals surface area contributed by atoms with Crippen LogP contribution in [0.1, 0.15) is 36.0 Å². The van der Waals surface area contributed by atoms with E-state index in [1.165, 1.54) is 0 Å². The molecule has 1 fully saturated rings. The topological polar surface area (TPSA) is 80.5 Å². The number of carbonyl (C=O) groups is 1. The Morgan fingerprint density at radius 1 is 1.30 bits per heavy atom. The molecule has 0 radical (unpaired) electrons. The number of benzene rings is 1. The van der Waals surface area contributed by atoms with Crippen LogP contribution < -0.4 is 5.14 Å². The summed E-state index contributed by atoms with van der Waals surface area (Å²) < 4.78 is 36.0. The van der Waals surface area contributed by atoms with Crippen molar-refractivity contribution in [2.24, 2.45) is 5.14 Å². The SMILES string of the molecule is CN(C(=O)c1cc(F)cc(S(N)(=O)=O)c1)C1CCCC1. The lowest BCUT2D eigenvalue weighted by Crippen LogP contribution is -2.35. The van der Waals surface area contributed by atoms with Crippen LogP contribution in [-0.4, -0.2) is 32.3 Å². The maximum atomic E-state index is 13.5. The molecule has 7 heteroatoms. The van der Waals surface area contributed by atoms with E-state index in [1.54, 1.807) is 11.9 Å². The van der Waals surface area contributed by atoms with Crippen molar-refractivity contribution in [1.29, 1.82) is 0 Å². The molecule has 1 aliphatic carbocycles. The van der Waals surface area contributed by atoms with Gasteiger partial charge in [0.25, 0.3) is 5.91 Å². The zero-order valence-corrected chi connectivity index (χ0v) is 12.0. The minimum Gasteiger partial charge on any atom is -0.339 e. The number of nitrogens with two attached hydrogens (primary N) is 1. The van der Waals surface area contributed by atoms with Crippen LogP contribution in [0.5, 0.6) is 0 Å². The standard InChI is InChI=1S/C13H17FN2O3S/c1-16(11-4-2-3-5-11)13(17)9-6-10(14)8-12(7-9)20(15,18)19/h6-8,11H,2-5H2,1H3,(H2,15,18,19). The van der Waals surface area contributed by atoms with Crippen LogP contribution in [0.25, 0.3) is 0 Å². The van der Waals surface area contributed by atoms with Gasteiger partial charge in [0.2, 0.25) is 10.0 Å². The molecule has 0 saturated heterocycles. The van der Waals surface area contributed by atoms with E-state index < -0.39 is 15.8 Å². The number of carbonyl (C=O) groups excluding carboxylic acids is 1. The van der Waals surface area contributed by atoms with Gasteiger partial charge in [0.15, 0.2) is 0 Å². The predicted molar refractivity (Wildman–Crippen MR) is 72.1 cm³/mol. The van der Waals surface area contributed by atoms with Gasteiger partial charge in [-0.05, 0) is 31.0 Å². The average molecular weight is 300 g/mol. The van der Waals surface area contributed by atoms with Gasteiger partial charge < -0.3 is 4.90 Å². The fourth-order valence-corrected chi connectivity index (χ4v) is 3.08. The third-order valence-electron chi connectivity index (χ3n) is 3.64. The minimum atomic E-state index is -4.04. The zero-order valence-electron chi connectivity index (χ0n) is 11.2. The van der Waals surface area contributed by atoms with Crippen LogP contribution in [0.3, 0.4) is 0 Å². The maximum Gasteiger partial charge on any atom is 0.253 e. The maximum absolute atomic E-state index is 13.5. The number of primary sulfonamides is 1. The number of hydrogen-bond donors (Lipinski definition) is 1. The van der Waals surface area contributed by atoms with E-state index in [2.05, 4.69) is 0 Å². The van der Waals surface area contributed by atoms with Gasteiger partial charge in [-0.25, -0.2) is 17.9 Å². The number of amides is 1. The monoisotopic (exact) mass is 300 g/mol. The van der Waals surface area contributed by atoms with Crippen molar-refractivity contribution < 1.29 is 17.6 Å². The summed E-state index contributed by atoms with van der Waals surface area (Å²) >= 11 is 0. The first kappa shape index (κ1) is 14.9. The van der Waals surface area contributed by atoms with E-state index in [0.29, 0.717) is 0 Å². The van der Waals surface area contributed by atoms with Crippen molar-refractivity contribution in [2.45, 2.75) is 36.6 Å². The van der Waals surface area contributed by atoms with Crippen LogP contribution in [-0.2, 0) is 10.0 Å². The molecule has 2 N–H and O–H groups in total. The van der Waals surface area contributed by atoms with Crippen LogP contribution in [0.4, 0.5) is 4.39 Å². The summed E-state index contributed by atoms with van der Waals surface area (Å²) in [5.74, 6) is -1.18. The Balaban J connectivity index is 2.32. The van der Waals surface area contributed by atoms with E-state index in [1.807, 2.05) is 0 Å². The van der Waals surface area contributed by atoms with E-state index >= 15 is 0 Å². The Labute approximate surface area is 117 Å². The average Bonchev–Trinajstić information content (AvgIpc) is 2.89. The third kappa shape index (κ3) is 3.16. The summed E-state index contributed by atoms with van der Waals surface area (Å²) in [6.45, 7) is 0. The molecule has 1 amide bonds. The smallest absolute Gasteiger partial charge is 0.253 e. The zero-order chi connectivity index (χ0) is 14.9. The van der Waals surface area contributed by atoms with Crippen molar-refractivity contribution >= 4 is 15.9 Å². The number of rotatable bonds is 3. The van der Waals surface area contributed by atoms with Gasteiger partial charge in [-0.3, -0.25) is 4.79 Å². The first-order valence-corrected chi connectivity index (χ1v) is 7.94. The molecule has 110 valence electrons. The summed E-state index contributed by atoms with van der Waals surface area (Å²) in [7, 11) is -2.38. The molecule has 0 unspecified atom stereocenters. The summed E-state index contributed by atoms with van der Waals surface area (Å²) in [6.07, 6.45) is 3.96. The molecule has 1 saturated carbocycles. The Morgan fingerprint density at radius 2 is 1.90 bits per heavy atom. The Morgan fingerprint density at radius 3 is 2.45 bits per heavy atom. The van der Waals surface area contributed by atoms with Crippen LogP contribution in [0, 0.1) is 5.82 Å². The molecule has 20 heavy (non-hydrogen) atoms. The summed E-state index contributed by atoms with van der Waals surface area (Å²) in [5.41, 5.74) is 0.00317. The largest absolute Gasteiger partial charge is 0.339 e. The molecule has 0 spiro atoms. The molecule has 0 heterocycles. The highest BCUT2D eigenvalue weighted by Gasteiger charge is 2.25.